The molecule has 1 fully saturated rings. The summed E-state index contributed by atoms with van der Waals surface area (Å²) in [5.41, 5.74) is 0. The highest BCUT2D eigenvalue weighted by molar-refractivity contribution is 4.28. The molecule has 0 aromatic carbocycles. The molecule has 0 amide bonds. The zero-order chi connectivity index (χ0) is 7.82. The van der Waals surface area contributed by atoms with E-state index in [1.165, 1.54) is 0 Å². The van der Waals surface area contributed by atoms with Gasteiger partial charge in [0.05, 0.1) is 13.2 Å². The van der Waals surface area contributed by atoms with Crippen LogP contribution in [0.3, 0.4) is 0 Å². The molecule has 0 radical (unpaired) electrons. The van der Waals surface area contributed by atoms with Crippen molar-refractivity contribution < 1.29 is 14.8 Å². The topological polar surface area (TPSA) is 30.9 Å². The first kappa shape index (κ1) is 9.84. The SMILES string of the molecule is C1COOOC1.CN(C)C. The molecule has 0 aromatic rings. The predicted molar refractivity (Wildman–Crippen MR) is 37.2 cm³/mol. The van der Waals surface area contributed by atoms with Crippen molar-refractivity contribution >= 4 is 0 Å². The highest BCUT2D eigenvalue weighted by Crippen LogP contribution is 1.93. The van der Waals surface area contributed by atoms with Gasteiger partial charge in [-0.05, 0) is 21.1 Å². The molecule has 0 aliphatic carbocycles. The maximum absolute atomic E-state index is 4.35. The highest BCUT2D eigenvalue weighted by atomic mass is 17.5. The smallest absolute Gasteiger partial charge is 0.0877 e. The Balaban J connectivity index is 0.000000180. The van der Waals surface area contributed by atoms with Crippen molar-refractivity contribution in [3.05, 3.63) is 0 Å². The lowest BCUT2D eigenvalue weighted by Gasteiger charge is -2.06. The molecule has 0 unspecified atom stereocenters. The average Bonchev–Trinajstić information content (AvgIpc) is 1.90. The number of hydrogen-bond acceptors (Lipinski definition) is 4. The number of hydrogen-bond donors (Lipinski definition) is 0. The first-order valence-corrected chi connectivity index (χ1v) is 3.25. The Kier molecular flexibility index (Phi) is 6.84. The van der Waals surface area contributed by atoms with Gasteiger partial charge >= 0.3 is 0 Å². The van der Waals surface area contributed by atoms with E-state index >= 15 is 0 Å². The lowest BCUT2D eigenvalue weighted by Crippen LogP contribution is -2.08. The van der Waals surface area contributed by atoms with Crippen molar-refractivity contribution in [2.75, 3.05) is 34.4 Å². The second kappa shape index (κ2) is 6.95. The van der Waals surface area contributed by atoms with Gasteiger partial charge in [0.2, 0.25) is 0 Å². The minimum absolute atomic E-state index is 0.653. The van der Waals surface area contributed by atoms with Crippen molar-refractivity contribution in [1.82, 2.24) is 4.90 Å². The fraction of sp³-hybridized carbons (Fsp3) is 1.00. The molecule has 0 saturated carbocycles. The number of nitrogens with zero attached hydrogens (tertiary/aromatic N) is 1. The molecule has 1 aliphatic heterocycles. The van der Waals surface area contributed by atoms with Crippen LogP contribution >= 0.6 is 0 Å². The third kappa shape index (κ3) is 10.8. The van der Waals surface area contributed by atoms with Crippen LogP contribution in [-0.4, -0.2) is 39.3 Å². The minimum Gasteiger partial charge on any atom is -0.312 e. The molecule has 10 heavy (non-hydrogen) atoms. The fourth-order valence-electron chi connectivity index (χ4n) is 0.279. The summed E-state index contributed by atoms with van der Waals surface area (Å²) in [6, 6.07) is 0. The molecule has 0 atom stereocenters. The van der Waals surface area contributed by atoms with Crippen molar-refractivity contribution in [3.8, 4) is 0 Å². The molecule has 62 valence electrons. The normalized spacial score (nSPS) is 18.0. The molecular weight excluding hydrogens is 134 g/mol. The molecule has 1 saturated heterocycles. The van der Waals surface area contributed by atoms with Crippen molar-refractivity contribution in [1.29, 1.82) is 0 Å². The molecule has 4 heteroatoms. The summed E-state index contributed by atoms with van der Waals surface area (Å²) in [4.78, 5) is 10.7. The Morgan fingerprint density at radius 2 is 1.40 bits per heavy atom. The Morgan fingerprint density at radius 3 is 1.50 bits per heavy atom. The summed E-state index contributed by atoms with van der Waals surface area (Å²) >= 11 is 0. The van der Waals surface area contributed by atoms with Crippen LogP contribution in [-0.2, 0) is 14.8 Å². The van der Waals surface area contributed by atoms with Crippen LogP contribution in [0.1, 0.15) is 6.42 Å². The standard InChI is InChI=1S/C3H9N.C3H6O3/c1-4(2)3;1-2-4-6-5-3-1/h1-3H3;1-3H2. The summed E-state index contributed by atoms with van der Waals surface area (Å²) in [6.45, 7) is 1.31. The van der Waals surface area contributed by atoms with E-state index in [-0.39, 0.29) is 0 Å². The molecule has 0 bridgehead atoms. The predicted octanol–water partition coefficient (Wildman–Crippen LogP) is 0.448. The summed E-state index contributed by atoms with van der Waals surface area (Å²) in [5, 5.41) is 4.07. The number of rotatable bonds is 0. The monoisotopic (exact) mass is 149 g/mol. The molecule has 0 N–H and O–H groups in total. The molecule has 1 heterocycles. The third-order valence-corrected chi connectivity index (χ3v) is 0.552. The largest absolute Gasteiger partial charge is 0.312 e. The van der Waals surface area contributed by atoms with Gasteiger partial charge in [0.15, 0.2) is 0 Å². The molecular formula is C6H15NO3. The summed E-state index contributed by atoms with van der Waals surface area (Å²) in [7, 11) is 6.00. The van der Waals surface area contributed by atoms with E-state index in [9.17, 15) is 0 Å². The summed E-state index contributed by atoms with van der Waals surface area (Å²) in [6.07, 6.45) is 0.931. The van der Waals surface area contributed by atoms with Crippen LogP contribution in [0, 0.1) is 0 Å². The Bertz CT molecular complexity index is 49.7. The van der Waals surface area contributed by atoms with E-state index in [1.807, 2.05) is 26.0 Å². The van der Waals surface area contributed by atoms with Gasteiger partial charge in [0, 0.05) is 6.42 Å². The van der Waals surface area contributed by atoms with E-state index < -0.39 is 0 Å². The van der Waals surface area contributed by atoms with Crippen molar-refractivity contribution in [3.63, 3.8) is 0 Å². The third-order valence-electron chi connectivity index (χ3n) is 0.552. The van der Waals surface area contributed by atoms with Gasteiger partial charge in [-0.15, -0.1) is 0 Å². The quantitative estimate of drug-likeness (QED) is 0.468. The van der Waals surface area contributed by atoms with Gasteiger partial charge in [0.1, 0.15) is 0 Å². The molecule has 0 aromatic heterocycles. The molecule has 0 spiro atoms. The van der Waals surface area contributed by atoms with E-state index in [4.69, 9.17) is 0 Å². The van der Waals surface area contributed by atoms with Gasteiger partial charge in [-0.2, -0.15) is 0 Å². The minimum atomic E-state index is 0.653. The summed E-state index contributed by atoms with van der Waals surface area (Å²) < 4.78 is 0. The Labute approximate surface area is 61.5 Å². The van der Waals surface area contributed by atoms with Crippen LogP contribution in [0.15, 0.2) is 0 Å². The van der Waals surface area contributed by atoms with Gasteiger partial charge in [-0.3, -0.25) is 0 Å². The van der Waals surface area contributed by atoms with E-state index in [0.717, 1.165) is 6.42 Å². The summed E-state index contributed by atoms with van der Waals surface area (Å²) in [5.74, 6) is 0. The molecule has 1 aliphatic rings. The molecule has 4 nitrogen and oxygen atoms in total. The first-order chi connectivity index (χ1) is 4.73. The van der Waals surface area contributed by atoms with Crippen LogP contribution in [0.2, 0.25) is 0 Å². The fourth-order valence-corrected chi connectivity index (χ4v) is 0.279. The van der Waals surface area contributed by atoms with Crippen molar-refractivity contribution in [2.45, 2.75) is 6.42 Å². The van der Waals surface area contributed by atoms with Crippen molar-refractivity contribution in [2.24, 2.45) is 0 Å². The van der Waals surface area contributed by atoms with E-state index in [0.29, 0.717) is 13.2 Å². The van der Waals surface area contributed by atoms with Crippen LogP contribution in [0.5, 0.6) is 0 Å². The van der Waals surface area contributed by atoms with Gasteiger partial charge in [-0.25, -0.2) is 9.78 Å². The van der Waals surface area contributed by atoms with Crippen LogP contribution < -0.4 is 0 Å². The lowest BCUT2D eigenvalue weighted by atomic mass is 10.5. The van der Waals surface area contributed by atoms with E-state index in [2.05, 4.69) is 14.8 Å². The second-order valence-corrected chi connectivity index (χ2v) is 2.41. The Morgan fingerprint density at radius 1 is 1.00 bits per heavy atom. The zero-order valence-electron chi connectivity index (χ0n) is 6.79. The lowest BCUT2D eigenvalue weighted by molar-refractivity contribution is -0.532. The maximum atomic E-state index is 4.35. The van der Waals surface area contributed by atoms with E-state index in [1.54, 1.807) is 0 Å². The van der Waals surface area contributed by atoms with Gasteiger partial charge < -0.3 is 4.90 Å². The average molecular weight is 149 g/mol. The van der Waals surface area contributed by atoms with Gasteiger partial charge in [0.25, 0.3) is 0 Å². The van der Waals surface area contributed by atoms with Gasteiger partial charge in [-0.1, -0.05) is 5.04 Å². The Hall–Kier alpha value is -0.160. The van der Waals surface area contributed by atoms with Crippen LogP contribution in [0.25, 0.3) is 0 Å². The first-order valence-electron chi connectivity index (χ1n) is 3.25. The maximum Gasteiger partial charge on any atom is 0.0877 e. The molecule has 1 rings (SSSR count). The highest BCUT2D eigenvalue weighted by Gasteiger charge is 1.96. The van der Waals surface area contributed by atoms with Crippen LogP contribution in [0.4, 0.5) is 0 Å². The second-order valence-electron chi connectivity index (χ2n) is 2.41. The zero-order valence-corrected chi connectivity index (χ0v) is 6.79.